The summed E-state index contributed by atoms with van der Waals surface area (Å²) in [5.41, 5.74) is 1.68. The number of rotatable bonds is 10. The number of ether oxygens (including phenoxy) is 2. The number of sulfone groups is 1. The number of aromatic amines is 1. The lowest BCUT2D eigenvalue weighted by Gasteiger charge is -2.30. The summed E-state index contributed by atoms with van der Waals surface area (Å²) in [6.07, 6.45) is 8.05. The molecule has 13 heteroatoms. The number of H-pyrrole nitrogens is 1. The van der Waals surface area contributed by atoms with Crippen LogP contribution in [-0.4, -0.2) is 81.0 Å². The number of nitrogens with zero attached hydrogens (tertiary/aromatic N) is 2. The zero-order chi connectivity index (χ0) is 30.7. The number of aromatic nitrogens is 2. The summed E-state index contributed by atoms with van der Waals surface area (Å²) in [6, 6.07) is 6.42. The minimum atomic E-state index is -4.26. The van der Waals surface area contributed by atoms with Crippen molar-refractivity contribution in [3.63, 3.8) is 0 Å². The Morgan fingerprint density at radius 3 is 2.57 bits per heavy atom. The first-order valence-corrected chi connectivity index (χ1v) is 16.3. The van der Waals surface area contributed by atoms with Gasteiger partial charge in [-0.1, -0.05) is 6.08 Å². The predicted octanol–water partition coefficient (Wildman–Crippen LogP) is 4.08. The Morgan fingerprint density at radius 1 is 1.07 bits per heavy atom. The van der Waals surface area contributed by atoms with Crippen molar-refractivity contribution in [2.45, 2.75) is 54.0 Å². The summed E-state index contributed by atoms with van der Waals surface area (Å²) in [6.45, 7) is 4.97. The minimum Gasteiger partial charge on any atom is -0.385 e. The second kappa shape index (κ2) is 13.1. The number of nitrogens with one attached hydrogen (secondary N) is 3. The highest BCUT2D eigenvalue weighted by Gasteiger charge is 2.26. The third-order valence-electron chi connectivity index (χ3n) is 8.21. The number of halogens is 2. The van der Waals surface area contributed by atoms with E-state index in [0.717, 1.165) is 50.3 Å². The number of amides is 1. The molecule has 1 unspecified atom stereocenters. The fourth-order valence-electron chi connectivity index (χ4n) is 5.83. The Balaban J connectivity index is 1.22. The topological polar surface area (TPSA) is 126 Å². The van der Waals surface area contributed by atoms with Crippen LogP contribution in [0.3, 0.4) is 0 Å². The first-order valence-electron chi connectivity index (χ1n) is 14.9. The second-order valence-corrected chi connectivity index (χ2v) is 13.2. The van der Waals surface area contributed by atoms with Gasteiger partial charge in [-0.2, -0.15) is 5.10 Å². The molecule has 10 nitrogen and oxygen atoms in total. The quantitative estimate of drug-likeness (QED) is 0.307. The molecule has 2 saturated heterocycles. The molecule has 0 bridgehead atoms. The molecule has 2 aliphatic heterocycles. The standard InChI is InChI=1S/C31H35F2N5O5S/c32-20-15-21(33)17-25(16-20)44(40,41)24-4-6-28-27(19-24)30(37-36-28)35-31(39)26-5-3-23(43-14-11-38-9-1-2-10-38)18-29(26)34-22-7-12-42-13-8-22/h3-6,15-17,19,22-23,34H,1-2,7-14,18H2,(H2,35,36,37,39). The Morgan fingerprint density at radius 2 is 1.82 bits per heavy atom. The van der Waals surface area contributed by atoms with E-state index in [2.05, 4.69) is 25.7 Å². The lowest BCUT2D eigenvalue weighted by atomic mass is 9.98. The highest BCUT2D eigenvalue weighted by molar-refractivity contribution is 7.91. The van der Waals surface area contributed by atoms with Crippen molar-refractivity contribution in [1.82, 2.24) is 20.4 Å². The van der Waals surface area contributed by atoms with Crippen molar-refractivity contribution < 1.29 is 31.5 Å². The van der Waals surface area contributed by atoms with Gasteiger partial charge in [0.2, 0.25) is 9.84 Å². The van der Waals surface area contributed by atoms with Crippen LogP contribution in [0, 0.1) is 11.6 Å². The van der Waals surface area contributed by atoms with E-state index in [9.17, 15) is 22.0 Å². The molecule has 3 heterocycles. The summed E-state index contributed by atoms with van der Waals surface area (Å²) in [4.78, 5) is 15.3. The molecule has 3 aliphatic rings. The van der Waals surface area contributed by atoms with Gasteiger partial charge in [0.25, 0.3) is 5.91 Å². The molecule has 1 atom stereocenters. The number of hydrogen-bond donors (Lipinski definition) is 3. The summed E-state index contributed by atoms with van der Waals surface area (Å²) in [5, 5.41) is 13.7. The van der Waals surface area contributed by atoms with Crippen molar-refractivity contribution in [1.29, 1.82) is 0 Å². The molecular formula is C31H35F2N5O5S. The summed E-state index contributed by atoms with van der Waals surface area (Å²) in [5.74, 6) is -2.29. The summed E-state index contributed by atoms with van der Waals surface area (Å²) in [7, 11) is -4.26. The third-order valence-corrected chi connectivity index (χ3v) is 9.94. The van der Waals surface area contributed by atoms with Crippen molar-refractivity contribution >= 4 is 32.5 Å². The first kappa shape index (κ1) is 30.4. The van der Waals surface area contributed by atoms with Gasteiger partial charge in [-0.05, 0) is 75.2 Å². The summed E-state index contributed by atoms with van der Waals surface area (Å²) < 4.78 is 65.7. The van der Waals surface area contributed by atoms with E-state index in [1.807, 2.05) is 6.08 Å². The van der Waals surface area contributed by atoms with Gasteiger partial charge >= 0.3 is 0 Å². The number of carbonyl (C=O) groups is 1. The van der Waals surface area contributed by atoms with Crippen molar-refractivity contribution in [3.8, 4) is 0 Å². The fraction of sp³-hybridized carbons (Fsp3) is 0.419. The molecule has 1 aromatic heterocycles. The normalized spacial score (nSPS) is 20.0. The molecule has 0 spiro atoms. The van der Waals surface area contributed by atoms with Crippen LogP contribution in [-0.2, 0) is 24.1 Å². The Labute approximate surface area is 254 Å². The summed E-state index contributed by atoms with van der Waals surface area (Å²) >= 11 is 0. The number of carbonyl (C=O) groups excluding carboxylic acids is 1. The van der Waals surface area contributed by atoms with Gasteiger partial charge in [0.15, 0.2) is 5.82 Å². The molecule has 234 valence electrons. The first-order chi connectivity index (χ1) is 21.3. The molecule has 0 saturated carbocycles. The smallest absolute Gasteiger partial charge is 0.258 e. The van der Waals surface area contributed by atoms with Gasteiger partial charge < -0.3 is 25.0 Å². The van der Waals surface area contributed by atoms with Crippen LogP contribution in [0.15, 0.2) is 69.6 Å². The highest BCUT2D eigenvalue weighted by Crippen LogP contribution is 2.30. The van der Waals surface area contributed by atoms with Crippen LogP contribution >= 0.6 is 0 Å². The number of likely N-dealkylation sites (tertiary alicyclic amines) is 1. The Kier molecular flexibility index (Phi) is 9.08. The molecule has 2 fully saturated rings. The Bertz CT molecular complexity index is 1670. The largest absolute Gasteiger partial charge is 0.385 e. The average molecular weight is 628 g/mol. The number of hydrogen-bond acceptors (Lipinski definition) is 8. The molecule has 3 aromatic rings. The van der Waals surface area contributed by atoms with E-state index < -0.39 is 32.3 Å². The van der Waals surface area contributed by atoms with Gasteiger partial charge in [0.1, 0.15) is 11.6 Å². The zero-order valence-electron chi connectivity index (χ0n) is 24.2. The molecule has 44 heavy (non-hydrogen) atoms. The molecule has 0 radical (unpaired) electrons. The average Bonchev–Trinajstić information content (AvgIpc) is 3.67. The predicted molar refractivity (Wildman–Crippen MR) is 160 cm³/mol. The minimum absolute atomic E-state index is 0.128. The maximum absolute atomic E-state index is 13.8. The maximum atomic E-state index is 13.8. The highest BCUT2D eigenvalue weighted by atomic mass is 32.2. The second-order valence-electron chi connectivity index (χ2n) is 11.3. The lowest BCUT2D eigenvalue weighted by molar-refractivity contribution is -0.112. The van der Waals surface area contributed by atoms with Crippen LogP contribution < -0.4 is 10.6 Å². The Hall–Kier alpha value is -3.65. The number of anilines is 1. The van der Waals surface area contributed by atoms with E-state index in [1.54, 1.807) is 6.08 Å². The van der Waals surface area contributed by atoms with Crippen molar-refractivity contribution in [2.24, 2.45) is 0 Å². The van der Waals surface area contributed by atoms with Crippen LogP contribution in [0.25, 0.3) is 10.9 Å². The van der Waals surface area contributed by atoms with Gasteiger partial charge in [-0.25, -0.2) is 17.2 Å². The molecule has 1 amide bonds. The van der Waals surface area contributed by atoms with Crippen LogP contribution in [0.4, 0.5) is 14.6 Å². The molecule has 2 aromatic carbocycles. The van der Waals surface area contributed by atoms with E-state index in [1.165, 1.54) is 31.0 Å². The SMILES string of the molecule is O=C(Nc1n[nH]c2ccc(S(=O)(=O)c3cc(F)cc(F)c3)cc12)C1=C(NC2CCOCC2)CC(OCCN2CCCC2)C=C1. The van der Waals surface area contributed by atoms with Crippen LogP contribution in [0.1, 0.15) is 32.1 Å². The van der Waals surface area contributed by atoms with E-state index >= 15 is 0 Å². The van der Waals surface area contributed by atoms with E-state index in [0.29, 0.717) is 48.8 Å². The van der Waals surface area contributed by atoms with Crippen LogP contribution in [0.5, 0.6) is 0 Å². The number of benzene rings is 2. The van der Waals surface area contributed by atoms with Gasteiger partial charge in [-0.15, -0.1) is 0 Å². The van der Waals surface area contributed by atoms with E-state index in [4.69, 9.17) is 9.47 Å². The zero-order valence-corrected chi connectivity index (χ0v) is 25.0. The molecule has 1 aliphatic carbocycles. The van der Waals surface area contributed by atoms with E-state index in [-0.39, 0.29) is 22.9 Å². The van der Waals surface area contributed by atoms with Gasteiger partial charge in [0.05, 0.1) is 33.6 Å². The fourth-order valence-corrected chi connectivity index (χ4v) is 7.15. The molecule has 6 rings (SSSR count). The third kappa shape index (κ3) is 6.85. The maximum Gasteiger partial charge on any atom is 0.258 e. The monoisotopic (exact) mass is 627 g/mol. The lowest BCUT2D eigenvalue weighted by Crippen LogP contribution is -2.38. The van der Waals surface area contributed by atoms with Gasteiger partial charge in [0, 0.05) is 49.4 Å². The molecular weight excluding hydrogens is 592 g/mol. The molecule has 3 N–H and O–H groups in total. The van der Waals surface area contributed by atoms with Crippen molar-refractivity contribution in [3.05, 3.63) is 71.5 Å². The van der Waals surface area contributed by atoms with Crippen LogP contribution in [0.2, 0.25) is 0 Å². The van der Waals surface area contributed by atoms with Crippen molar-refractivity contribution in [2.75, 3.05) is 44.8 Å². The number of fused-ring (bicyclic) bond motifs is 1. The van der Waals surface area contributed by atoms with Gasteiger partial charge in [-0.3, -0.25) is 9.89 Å².